The molecular weight excluding hydrogens is 242 g/mol. The average molecular weight is 267 g/mol. The van der Waals surface area contributed by atoms with Crippen molar-refractivity contribution in [1.82, 2.24) is 15.4 Å². The number of piperidine rings is 1. The average Bonchev–Trinajstić information content (AvgIpc) is 2.77. The standard InChI is InChI=1S/C14H25N3O2/c1-11(18)10-17-5-3-13(4-6-17)8-15-9-14-7-12(2)19-16-14/h7,11,13,15,18H,3-6,8-10H2,1-2H3/t11-/m1/s1. The van der Waals surface area contributed by atoms with Gasteiger partial charge >= 0.3 is 0 Å². The smallest absolute Gasteiger partial charge is 0.133 e. The molecule has 0 aliphatic carbocycles. The van der Waals surface area contributed by atoms with Crippen LogP contribution in [0.15, 0.2) is 10.6 Å². The fraction of sp³-hybridized carbons (Fsp3) is 0.786. The second kappa shape index (κ2) is 7.03. The molecule has 1 atom stereocenters. The van der Waals surface area contributed by atoms with Gasteiger partial charge in [0.1, 0.15) is 5.76 Å². The zero-order valence-electron chi connectivity index (χ0n) is 11.9. The summed E-state index contributed by atoms with van der Waals surface area (Å²) in [4.78, 5) is 2.35. The Kier molecular flexibility index (Phi) is 5.36. The van der Waals surface area contributed by atoms with E-state index in [1.807, 2.05) is 19.9 Å². The quantitative estimate of drug-likeness (QED) is 0.810. The van der Waals surface area contributed by atoms with E-state index >= 15 is 0 Å². The number of hydrogen-bond acceptors (Lipinski definition) is 5. The van der Waals surface area contributed by atoms with Crippen LogP contribution in [-0.4, -0.2) is 47.4 Å². The van der Waals surface area contributed by atoms with Gasteiger partial charge in [-0.2, -0.15) is 0 Å². The maximum absolute atomic E-state index is 9.37. The van der Waals surface area contributed by atoms with Crippen molar-refractivity contribution < 1.29 is 9.63 Å². The van der Waals surface area contributed by atoms with Gasteiger partial charge in [-0.1, -0.05) is 5.16 Å². The third-order valence-electron chi connectivity index (χ3n) is 3.65. The first-order valence-corrected chi connectivity index (χ1v) is 7.17. The number of aliphatic hydroxyl groups excluding tert-OH is 1. The maximum Gasteiger partial charge on any atom is 0.133 e. The van der Waals surface area contributed by atoms with Crippen LogP contribution in [0.3, 0.4) is 0 Å². The van der Waals surface area contributed by atoms with Gasteiger partial charge in [-0.15, -0.1) is 0 Å². The summed E-state index contributed by atoms with van der Waals surface area (Å²) < 4.78 is 5.04. The van der Waals surface area contributed by atoms with Crippen molar-refractivity contribution in [2.24, 2.45) is 5.92 Å². The van der Waals surface area contributed by atoms with Gasteiger partial charge in [0.05, 0.1) is 11.8 Å². The molecule has 2 N–H and O–H groups in total. The Morgan fingerprint density at radius 3 is 2.84 bits per heavy atom. The predicted molar refractivity (Wildman–Crippen MR) is 73.8 cm³/mol. The minimum atomic E-state index is -0.218. The van der Waals surface area contributed by atoms with Crippen molar-refractivity contribution in [2.75, 3.05) is 26.2 Å². The minimum absolute atomic E-state index is 0.218. The van der Waals surface area contributed by atoms with E-state index in [1.165, 1.54) is 12.8 Å². The molecule has 0 bridgehead atoms. The second-order valence-corrected chi connectivity index (χ2v) is 5.65. The molecule has 1 aromatic rings. The van der Waals surface area contributed by atoms with Crippen LogP contribution in [0.1, 0.15) is 31.2 Å². The van der Waals surface area contributed by atoms with Crippen LogP contribution in [-0.2, 0) is 6.54 Å². The van der Waals surface area contributed by atoms with Gasteiger partial charge in [-0.3, -0.25) is 0 Å². The van der Waals surface area contributed by atoms with Gasteiger partial charge in [-0.25, -0.2) is 0 Å². The van der Waals surface area contributed by atoms with E-state index in [4.69, 9.17) is 4.52 Å². The molecule has 1 aromatic heterocycles. The lowest BCUT2D eigenvalue weighted by Crippen LogP contribution is -2.40. The number of rotatable bonds is 6. The van der Waals surface area contributed by atoms with Crippen molar-refractivity contribution in [3.63, 3.8) is 0 Å². The molecule has 19 heavy (non-hydrogen) atoms. The van der Waals surface area contributed by atoms with Crippen molar-refractivity contribution >= 4 is 0 Å². The molecule has 0 saturated carbocycles. The zero-order valence-corrected chi connectivity index (χ0v) is 11.9. The Bertz CT molecular complexity index is 371. The molecule has 0 radical (unpaired) electrons. The number of aromatic nitrogens is 1. The van der Waals surface area contributed by atoms with Crippen LogP contribution < -0.4 is 5.32 Å². The first-order valence-electron chi connectivity index (χ1n) is 7.17. The fourth-order valence-electron chi connectivity index (χ4n) is 2.65. The van der Waals surface area contributed by atoms with Crippen LogP contribution >= 0.6 is 0 Å². The van der Waals surface area contributed by atoms with E-state index in [9.17, 15) is 5.11 Å². The third kappa shape index (κ3) is 4.93. The Hall–Kier alpha value is -0.910. The largest absolute Gasteiger partial charge is 0.392 e. The van der Waals surface area contributed by atoms with Crippen molar-refractivity contribution in [2.45, 2.75) is 39.3 Å². The van der Waals surface area contributed by atoms with Crippen molar-refractivity contribution in [1.29, 1.82) is 0 Å². The first kappa shape index (κ1) is 14.5. The van der Waals surface area contributed by atoms with Crippen LogP contribution in [0.4, 0.5) is 0 Å². The van der Waals surface area contributed by atoms with E-state index in [2.05, 4.69) is 15.4 Å². The van der Waals surface area contributed by atoms with E-state index in [0.29, 0.717) is 0 Å². The summed E-state index contributed by atoms with van der Waals surface area (Å²) in [5, 5.41) is 16.8. The summed E-state index contributed by atoms with van der Waals surface area (Å²) in [5.41, 5.74) is 0.976. The number of likely N-dealkylation sites (tertiary alicyclic amines) is 1. The van der Waals surface area contributed by atoms with Gasteiger partial charge in [0.2, 0.25) is 0 Å². The first-order chi connectivity index (χ1) is 9.13. The molecule has 108 valence electrons. The predicted octanol–water partition coefficient (Wildman–Crippen LogP) is 1.17. The van der Waals surface area contributed by atoms with E-state index in [-0.39, 0.29) is 6.10 Å². The highest BCUT2D eigenvalue weighted by molar-refractivity contribution is 5.02. The Balaban J connectivity index is 1.60. The maximum atomic E-state index is 9.37. The van der Waals surface area contributed by atoms with Crippen LogP contribution in [0.2, 0.25) is 0 Å². The molecule has 0 aromatic carbocycles. The van der Waals surface area contributed by atoms with Gasteiger partial charge in [0.15, 0.2) is 0 Å². The molecule has 5 heteroatoms. The lowest BCUT2D eigenvalue weighted by molar-refractivity contribution is 0.0997. The minimum Gasteiger partial charge on any atom is -0.392 e. The molecular formula is C14H25N3O2. The fourth-order valence-corrected chi connectivity index (χ4v) is 2.65. The van der Waals surface area contributed by atoms with Crippen molar-refractivity contribution in [3.05, 3.63) is 17.5 Å². The SMILES string of the molecule is Cc1cc(CNCC2CCN(C[C@@H](C)O)CC2)no1. The molecule has 1 fully saturated rings. The van der Waals surface area contributed by atoms with Crippen LogP contribution in [0.5, 0.6) is 0 Å². The molecule has 2 heterocycles. The summed E-state index contributed by atoms with van der Waals surface area (Å²) >= 11 is 0. The Morgan fingerprint density at radius 1 is 1.53 bits per heavy atom. The Morgan fingerprint density at radius 2 is 2.26 bits per heavy atom. The zero-order chi connectivity index (χ0) is 13.7. The number of nitrogens with one attached hydrogen (secondary N) is 1. The lowest BCUT2D eigenvalue weighted by Gasteiger charge is -2.32. The second-order valence-electron chi connectivity index (χ2n) is 5.65. The monoisotopic (exact) mass is 267 g/mol. The van der Waals surface area contributed by atoms with Gasteiger partial charge < -0.3 is 19.8 Å². The summed E-state index contributed by atoms with van der Waals surface area (Å²) in [5.74, 6) is 1.60. The summed E-state index contributed by atoms with van der Waals surface area (Å²) in [7, 11) is 0. The van der Waals surface area contributed by atoms with Gasteiger partial charge in [0, 0.05) is 19.2 Å². The van der Waals surface area contributed by atoms with E-state index in [0.717, 1.165) is 50.1 Å². The van der Waals surface area contributed by atoms with Crippen LogP contribution in [0.25, 0.3) is 0 Å². The molecule has 0 spiro atoms. The number of β-amino-alcohol motifs (C(OH)–C–C–N with tert-alkyl or cyclic N) is 1. The number of aliphatic hydroxyl groups is 1. The highest BCUT2D eigenvalue weighted by Gasteiger charge is 2.19. The Labute approximate surface area is 115 Å². The highest BCUT2D eigenvalue weighted by atomic mass is 16.5. The van der Waals surface area contributed by atoms with Crippen LogP contribution in [0, 0.1) is 12.8 Å². The molecule has 0 unspecified atom stereocenters. The summed E-state index contributed by atoms with van der Waals surface area (Å²) in [6.45, 7) is 8.58. The normalized spacial score (nSPS) is 19.7. The summed E-state index contributed by atoms with van der Waals surface area (Å²) in [6.07, 6.45) is 2.19. The molecule has 5 nitrogen and oxygen atoms in total. The molecule has 1 aliphatic rings. The molecule has 1 aliphatic heterocycles. The lowest BCUT2D eigenvalue weighted by atomic mass is 9.96. The van der Waals surface area contributed by atoms with Gasteiger partial charge in [0.25, 0.3) is 0 Å². The topological polar surface area (TPSA) is 61.5 Å². The molecule has 1 saturated heterocycles. The summed E-state index contributed by atoms with van der Waals surface area (Å²) in [6, 6.07) is 1.97. The van der Waals surface area contributed by atoms with Crippen molar-refractivity contribution in [3.8, 4) is 0 Å². The van der Waals surface area contributed by atoms with Gasteiger partial charge in [-0.05, 0) is 52.2 Å². The molecule has 2 rings (SSSR count). The van der Waals surface area contributed by atoms with E-state index < -0.39 is 0 Å². The third-order valence-corrected chi connectivity index (χ3v) is 3.65. The number of hydrogen-bond donors (Lipinski definition) is 2. The van der Waals surface area contributed by atoms with E-state index in [1.54, 1.807) is 0 Å². The number of aryl methyl sites for hydroxylation is 1. The highest BCUT2D eigenvalue weighted by Crippen LogP contribution is 2.16. The number of nitrogens with zero attached hydrogens (tertiary/aromatic N) is 2. The molecule has 0 amide bonds.